The minimum Gasteiger partial charge on any atom is -0.480 e. The second-order valence-electron chi connectivity index (χ2n) is 4.67. The molecule has 106 valence electrons. The van der Waals surface area contributed by atoms with E-state index in [1.807, 2.05) is 0 Å². The molecule has 1 saturated heterocycles. The molecule has 6 heteroatoms. The molecule has 0 bridgehead atoms. The van der Waals surface area contributed by atoms with Gasteiger partial charge in [-0.3, -0.25) is 4.79 Å². The average molecular weight is 268 g/mol. The lowest BCUT2D eigenvalue weighted by Crippen LogP contribution is -2.45. The molecule has 1 N–H and O–H groups in total. The van der Waals surface area contributed by atoms with E-state index < -0.39 is 5.97 Å². The fourth-order valence-electron chi connectivity index (χ4n) is 2.10. The zero-order valence-corrected chi connectivity index (χ0v) is 11.2. The Morgan fingerprint density at radius 3 is 2.58 bits per heavy atom. The summed E-state index contributed by atoms with van der Waals surface area (Å²) in [6, 6.07) is -0.341. The molecule has 0 radical (unpaired) electrons. The summed E-state index contributed by atoms with van der Waals surface area (Å²) in [5.74, 6) is 1.64. The lowest BCUT2D eigenvalue weighted by atomic mass is 10.00. The highest BCUT2D eigenvalue weighted by molar-refractivity contribution is 5.80. The number of hydrogen-bond acceptors (Lipinski definition) is 3. The van der Waals surface area contributed by atoms with Crippen LogP contribution in [0.25, 0.3) is 0 Å². The fourth-order valence-corrected chi connectivity index (χ4v) is 2.10. The SMILES string of the molecule is C#CCN(CC(=O)O)C(=O)N(C)CC1CCOCC1. The lowest BCUT2D eigenvalue weighted by molar-refractivity contribution is -0.137. The molecule has 0 unspecified atom stereocenters. The van der Waals surface area contributed by atoms with Crippen molar-refractivity contribution in [3.63, 3.8) is 0 Å². The van der Waals surface area contributed by atoms with Crippen molar-refractivity contribution in [2.75, 3.05) is 39.9 Å². The predicted octanol–water partition coefficient (Wildman–Crippen LogP) is 0.485. The van der Waals surface area contributed by atoms with Gasteiger partial charge in [0.25, 0.3) is 0 Å². The highest BCUT2D eigenvalue weighted by atomic mass is 16.5. The van der Waals surface area contributed by atoms with Crippen LogP contribution >= 0.6 is 0 Å². The molecule has 0 aliphatic carbocycles. The highest BCUT2D eigenvalue weighted by Crippen LogP contribution is 2.16. The van der Waals surface area contributed by atoms with Crippen molar-refractivity contribution >= 4 is 12.0 Å². The Hall–Kier alpha value is -1.74. The zero-order valence-electron chi connectivity index (χ0n) is 11.2. The summed E-state index contributed by atoms with van der Waals surface area (Å²) in [6.45, 7) is 1.67. The van der Waals surface area contributed by atoms with Crippen LogP contribution in [0.3, 0.4) is 0 Å². The largest absolute Gasteiger partial charge is 0.480 e. The summed E-state index contributed by atoms with van der Waals surface area (Å²) in [5.41, 5.74) is 0. The highest BCUT2D eigenvalue weighted by Gasteiger charge is 2.23. The van der Waals surface area contributed by atoms with E-state index in [1.54, 1.807) is 7.05 Å². The van der Waals surface area contributed by atoms with E-state index in [0.29, 0.717) is 12.5 Å². The Morgan fingerprint density at radius 2 is 2.05 bits per heavy atom. The van der Waals surface area contributed by atoms with Crippen molar-refractivity contribution in [2.24, 2.45) is 5.92 Å². The number of aliphatic carboxylic acids is 1. The molecule has 0 aromatic rings. The van der Waals surface area contributed by atoms with Gasteiger partial charge in [-0.25, -0.2) is 4.79 Å². The first-order chi connectivity index (χ1) is 9.04. The third-order valence-electron chi connectivity index (χ3n) is 3.08. The molecule has 0 spiro atoms. The van der Waals surface area contributed by atoms with E-state index in [1.165, 1.54) is 4.90 Å². The molecule has 1 aliphatic heterocycles. The first-order valence-corrected chi connectivity index (χ1v) is 6.27. The van der Waals surface area contributed by atoms with Crippen molar-refractivity contribution in [1.82, 2.24) is 9.80 Å². The first kappa shape index (κ1) is 15.3. The summed E-state index contributed by atoms with van der Waals surface area (Å²) in [6.07, 6.45) is 7.00. The second kappa shape index (κ2) is 7.64. The summed E-state index contributed by atoms with van der Waals surface area (Å²) in [7, 11) is 1.67. The Morgan fingerprint density at radius 1 is 1.42 bits per heavy atom. The summed E-state index contributed by atoms with van der Waals surface area (Å²) in [5, 5.41) is 8.77. The molecule has 1 heterocycles. The Bertz CT molecular complexity index is 358. The molecule has 2 amide bonds. The maximum atomic E-state index is 12.1. The number of terminal acetylenes is 1. The zero-order chi connectivity index (χ0) is 14.3. The number of nitrogens with zero attached hydrogens (tertiary/aromatic N) is 2. The summed E-state index contributed by atoms with van der Waals surface area (Å²) in [4.78, 5) is 25.5. The molecule has 1 rings (SSSR count). The van der Waals surface area contributed by atoms with Gasteiger partial charge < -0.3 is 19.6 Å². The molecule has 19 heavy (non-hydrogen) atoms. The second-order valence-corrected chi connectivity index (χ2v) is 4.67. The van der Waals surface area contributed by atoms with Crippen LogP contribution in [0.4, 0.5) is 4.79 Å². The predicted molar refractivity (Wildman–Crippen MR) is 69.6 cm³/mol. The van der Waals surface area contributed by atoms with Gasteiger partial charge in [0.15, 0.2) is 0 Å². The minimum atomic E-state index is -1.07. The van der Waals surface area contributed by atoms with E-state index in [9.17, 15) is 9.59 Å². The van der Waals surface area contributed by atoms with Crippen LogP contribution in [0, 0.1) is 18.3 Å². The van der Waals surface area contributed by atoms with E-state index in [0.717, 1.165) is 31.0 Å². The van der Waals surface area contributed by atoms with Crippen LogP contribution in [-0.2, 0) is 9.53 Å². The Kier molecular flexibility index (Phi) is 6.16. The third-order valence-corrected chi connectivity index (χ3v) is 3.08. The molecule has 0 aromatic heterocycles. The molecule has 0 saturated carbocycles. The van der Waals surface area contributed by atoms with Gasteiger partial charge in [0.1, 0.15) is 6.54 Å². The number of rotatable bonds is 5. The number of amides is 2. The van der Waals surface area contributed by atoms with E-state index >= 15 is 0 Å². The number of ether oxygens (including phenoxy) is 1. The van der Waals surface area contributed by atoms with Crippen molar-refractivity contribution < 1.29 is 19.4 Å². The third kappa shape index (κ3) is 5.18. The van der Waals surface area contributed by atoms with E-state index in [-0.39, 0.29) is 19.1 Å². The fraction of sp³-hybridized carbons (Fsp3) is 0.692. The monoisotopic (exact) mass is 268 g/mol. The molecular formula is C13H20N2O4. The van der Waals surface area contributed by atoms with Gasteiger partial charge in [-0.1, -0.05) is 5.92 Å². The number of carbonyl (C=O) groups is 2. The van der Waals surface area contributed by atoms with Gasteiger partial charge in [-0.2, -0.15) is 0 Å². The summed E-state index contributed by atoms with van der Waals surface area (Å²) < 4.78 is 5.26. The van der Waals surface area contributed by atoms with Gasteiger partial charge >= 0.3 is 12.0 Å². The van der Waals surface area contributed by atoms with Crippen molar-refractivity contribution in [2.45, 2.75) is 12.8 Å². The van der Waals surface area contributed by atoms with Crippen LogP contribution in [0.5, 0.6) is 0 Å². The van der Waals surface area contributed by atoms with Crippen LogP contribution in [0.15, 0.2) is 0 Å². The molecule has 6 nitrogen and oxygen atoms in total. The first-order valence-electron chi connectivity index (χ1n) is 6.27. The van der Waals surface area contributed by atoms with Crippen LogP contribution in [-0.4, -0.2) is 66.8 Å². The standard InChI is InChI=1S/C13H20N2O4/c1-3-6-15(10-12(16)17)13(18)14(2)9-11-4-7-19-8-5-11/h1,11H,4-10H2,2H3,(H,16,17). The van der Waals surface area contributed by atoms with Crippen LogP contribution < -0.4 is 0 Å². The average Bonchev–Trinajstić information content (AvgIpc) is 2.38. The molecule has 0 aromatic carbocycles. The molecule has 0 atom stereocenters. The molecule has 1 aliphatic rings. The smallest absolute Gasteiger partial charge is 0.323 e. The number of carboxylic acids is 1. The van der Waals surface area contributed by atoms with E-state index in [2.05, 4.69) is 5.92 Å². The maximum absolute atomic E-state index is 12.1. The maximum Gasteiger partial charge on any atom is 0.323 e. The van der Waals surface area contributed by atoms with Crippen LogP contribution in [0.2, 0.25) is 0 Å². The molecular weight excluding hydrogens is 248 g/mol. The minimum absolute atomic E-state index is 0.00323. The van der Waals surface area contributed by atoms with Gasteiger partial charge in [-0.05, 0) is 18.8 Å². The van der Waals surface area contributed by atoms with Gasteiger partial charge in [-0.15, -0.1) is 6.42 Å². The van der Waals surface area contributed by atoms with Crippen molar-refractivity contribution in [3.05, 3.63) is 0 Å². The molecule has 1 fully saturated rings. The number of carboxylic acid groups (broad SMARTS) is 1. The Balaban J connectivity index is 2.51. The van der Waals surface area contributed by atoms with Crippen molar-refractivity contribution in [1.29, 1.82) is 0 Å². The summed E-state index contributed by atoms with van der Waals surface area (Å²) >= 11 is 0. The topological polar surface area (TPSA) is 70.1 Å². The van der Waals surface area contributed by atoms with Crippen LogP contribution in [0.1, 0.15) is 12.8 Å². The van der Waals surface area contributed by atoms with Gasteiger partial charge in [0.2, 0.25) is 0 Å². The van der Waals surface area contributed by atoms with Crippen molar-refractivity contribution in [3.8, 4) is 12.3 Å². The number of carbonyl (C=O) groups excluding carboxylic acids is 1. The number of urea groups is 1. The number of hydrogen-bond donors (Lipinski definition) is 1. The van der Waals surface area contributed by atoms with Gasteiger partial charge in [0, 0.05) is 26.8 Å². The van der Waals surface area contributed by atoms with Gasteiger partial charge in [0.05, 0.1) is 6.54 Å². The Labute approximate surface area is 113 Å². The quantitative estimate of drug-likeness (QED) is 0.736. The lowest BCUT2D eigenvalue weighted by Gasteiger charge is -2.30. The van der Waals surface area contributed by atoms with E-state index in [4.69, 9.17) is 16.3 Å². The normalized spacial score (nSPS) is 15.6.